The smallest absolute Gasteiger partial charge is 0.193 e. The summed E-state index contributed by atoms with van der Waals surface area (Å²) in [6.45, 7) is 2.02. The molecule has 2 heteroatoms. The van der Waals surface area contributed by atoms with E-state index >= 15 is 0 Å². The highest BCUT2D eigenvalue weighted by Gasteiger charge is 2.24. The summed E-state index contributed by atoms with van der Waals surface area (Å²) in [6, 6.07) is 13.7. The molecule has 0 fully saturated rings. The first kappa shape index (κ1) is 12.1. The highest BCUT2D eigenvalue weighted by molar-refractivity contribution is 6.10. The number of carbonyl (C=O) groups is 1. The van der Waals surface area contributed by atoms with Crippen LogP contribution in [-0.2, 0) is 6.42 Å². The van der Waals surface area contributed by atoms with Gasteiger partial charge in [-0.1, -0.05) is 48.0 Å². The van der Waals surface area contributed by atoms with Gasteiger partial charge in [0.1, 0.15) is 0 Å². The summed E-state index contributed by atoms with van der Waals surface area (Å²) in [5.41, 5.74) is 11.1. The van der Waals surface area contributed by atoms with E-state index in [9.17, 15) is 4.79 Å². The Balaban J connectivity index is 2.04. The first-order valence-electron chi connectivity index (χ1n) is 6.65. The molecule has 19 heavy (non-hydrogen) atoms. The molecule has 0 radical (unpaired) electrons. The van der Waals surface area contributed by atoms with E-state index in [1.807, 2.05) is 49.4 Å². The average molecular weight is 251 g/mol. The Hall–Kier alpha value is -1.93. The molecule has 96 valence electrons. The highest BCUT2D eigenvalue weighted by atomic mass is 16.1. The summed E-state index contributed by atoms with van der Waals surface area (Å²) in [4.78, 5) is 12.6. The molecule has 0 spiro atoms. The minimum absolute atomic E-state index is 0.0840. The van der Waals surface area contributed by atoms with Crippen LogP contribution in [0.3, 0.4) is 0 Å². The number of hydrogen-bond acceptors (Lipinski definition) is 2. The number of aryl methyl sites for hydroxylation is 1. The van der Waals surface area contributed by atoms with E-state index in [0.29, 0.717) is 0 Å². The molecule has 1 aliphatic rings. The van der Waals surface area contributed by atoms with Gasteiger partial charge in [-0.05, 0) is 30.9 Å². The molecule has 0 bridgehead atoms. The van der Waals surface area contributed by atoms with Crippen molar-refractivity contribution in [3.63, 3.8) is 0 Å². The SMILES string of the molecule is Cc1ccc(C(=O)c2cccc3c2CCC3N)cc1. The third kappa shape index (κ3) is 2.08. The van der Waals surface area contributed by atoms with Gasteiger partial charge < -0.3 is 5.73 Å². The van der Waals surface area contributed by atoms with Crippen molar-refractivity contribution in [3.05, 3.63) is 70.3 Å². The van der Waals surface area contributed by atoms with Gasteiger partial charge in [-0.2, -0.15) is 0 Å². The molecule has 1 unspecified atom stereocenters. The van der Waals surface area contributed by atoms with E-state index in [-0.39, 0.29) is 11.8 Å². The van der Waals surface area contributed by atoms with Crippen molar-refractivity contribution >= 4 is 5.78 Å². The Morgan fingerprint density at radius 2 is 1.89 bits per heavy atom. The molecule has 0 amide bonds. The van der Waals surface area contributed by atoms with Crippen LogP contribution in [-0.4, -0.2) is 5.78 Å². The first-order chi connectivity index (χ1) is 9.16. The van der Waals surface area contributed by atoms with Gasteiger partial charge in [0.15, 0.2) is 5.78 Å². The molecule has 0 heterocycles. The molecular weight excluding hydrogens is 234 g/mol. The van der Waals surface area contributed by atoms with Crippen molar-refractivity contribution in [2.75, 3.05) is 0 Å². The normalized spacial score (nSPS) is 17.3. The van der Waals surface area contributed by atoms with Gasteiger partial charge in [0.2, 0.25) is 0 Å². The number of carbonyl (C=O) groups excluding carboxylic acids is 1. The lowest BCUT2D eigenvalue weighted by Crippen LogP contribution is -2.08. The summed E-state index contributed by atoms with van der Waals surface area (Å²) in [5.74, 6) is 0.103. The molecule has 1 atom stereocenters. The predicted octanol–water partition coefficient (Wildman–Crippen LogP) is 3.17. The van der Waals surface area contributed by atoms with E-state index < -0.39 is 0 Å². The Bertz CT molecular complexity index is 628. The summed E-state index contributed by atoms with van der Waals surface area (Å²) < 4.78 is 0. The molecule has 1 aliphatic carbocycles. The highest BCUT2D eigenvalue weighted by Crippen LogP contribution is 2.32. The molecule has 2 aromatic rings. The van der Waals surface area contributed by atoms with Gasteiger partial charge >= 0.3 is 0 Å². The van der Waals surface area contributed by atoms with E-state index in [1.54, 1.807) is 0 Å². The standard InChI is InChI=1S/C17H17NO/c1-11-5-7-12(8-6-11)17(19)15-4-2-3-14-13(15)9-10-16(14)18/h2-8,16H,9-10,18H2,1H3. The summed E-state index contributed by atoms with van der Waals surface area (Å²) in [7, 11) is 0. The molecule has 2 nitrogen and oxygen atoms in total. The molecule has 0 saturated heterocycles. The van der Waals surface area contributed by atoms with Crippen LogP contribution >= 0.6 is 0 Å². The number of hydrogen-bond donors (Lipinski definition) is 1. The molecule has 0 saturated carbocycles. The van der Waals surface area contributed by atoms with E-state index in [1.165, 1.54) is 0 Å². The predicted molar refractivity (Wildman–Crippen MR) is 76.3 cm³/mol. The molecule has 3 rings (SSSR count). The van der Waals surface area contributed by atoms with Crippen molar-refractivity contribution in [1.29, 1.82) is 0 Å². The zero-order valence-corrected chi connectivity index (χ0v) is 11.0. The third-order valence-corrected chi connectivity index (χ3v) is 3.88. The second-order valence-corrected chi connectivity index (χ2v) is 5.21. The van der Waals surface area contributed by atoms with Crippen molar-refractivity contribution in [1.82, 2.24) is 0 Å². The van der Waals surface area contributed by atoms with Gasteiger partial charge in [-0.25, -0.2) is 0 Å². The fourth-order valence-corrected chi connectivity index (χ4v) is 2.76. The Morgan fingerprint density at radius 3 is 2.63 bits per heavy atom. The summed E-state index contributed by atoms with van der Waals surface area (Å²) >= 11 is 0. The molecule has 2 aromatic carbocycles. The van der Waals surface area contributed by atoms with Crippen LogP contribution in [0.25, 0.3) is 0 Å². The quantitative estimate of drug-likeness (QED) is 0.833. The van der Waals surface area contributed by atoms with Crippen LogP contribution in [0.4, 0.5) is 0 Å². The Labute approximate surface area is 113 Å². The van der Waals surface area contributed by atoms with E-state index in [2.05, 4.69) is 0 Å². The lowest BCUT2D eigenvalue weighted by atomic mass is 9.95. The maximum atomic E-state index is 12.6. The number of fused-ring (bicyclic) bond motifs is 1. The van der Waals surface area contributed by atoms with E-state index in [0.717, 1.165) is 40.7 Å². The topological polar surface area (TPSA) is 43.1 Å². The number of rotatable bonds is 2. The van der Waals surface area contributed by atoms with Crippen LogP contribution in [0.5, 0.6) is 0 Å². The van der Waals surface area contributed by atoms with Crippen LogP contribution in [0.15, 0.2) is 42.5 Å². The summed E-state index contributed by atoms with van der Waals surface area (Å²) in [6.07, 6.45) is 1.85. The van der Waals surface area contributed by atoms with Crippen LogP contribution in [0.2, 0.25) is 0 Å². The van der Waals surface area contributed by atoms with Crippen LogP contribution < -0.4 is 5.73 Å². The molecule has 0 aliphatic heterocycles. The van der Waals surface area contributed by atoms with Crippen molar-refractivity contribution in [2.45, 2.75) is 25.8 Å². The van der Waals surface area contributed by atoms with Gasteiger partial charge in [0, 0.05) is 17.2 Å². The third-order valence-electron chi connectivity index (χ3n) is 3.88. The fraction of sp³-hybridized carbons (Fsp3) is 0.235. The van der Waals surface area contributed by atoms with Crippen molar-refractivity contribution < 1.29 is 4.79 Å². The molecular formula is C17H17NO. The van der Waals surface area contributed by atoms with Crippen molar-refractivity contribution in [3.8, 4) is 0 Å². The largest absolute Gasteiger partial charge is 0.324 e. The minimum atomic E-state index is 0.0840. The zero-order valence-electron chi connectivity index (χ0n) is 11.0. The van der Waals surface area contributed by atoms with Gasteiger partial charge in [-0.3, -0.25) is 4.79 Å². The fourth-order valence-electron chi connectivity index (χ4n) is 2.76. The molecule has 2 N–H and O–H groups in total. The molecule has 0 aromatic heterocycles. The Morgan fingerprint density at radius 1 is 1.16 bits per heavy atom. The van der Waals surface area contributed by atoms with Crippen LogP contribution in [0.1, 0.15) is 45.1 Å². The summed E-state index contributed by atoms with van der Waals surface area (Å²) in [5, 5.41) is 0. The van der Waals surface area contributed by atoms with Gasteiger partial charge in [0.05, 0.1) is 0 Å². The Kier molecular flexibility index (Phi) is 2.96. The number of nitrogens with two attached hydrogens (primary N) is 1. The first-order valence-corrected chi connectivity index (χ1v) is 6.65. The maximum absolute atomic E-state index is 12.6. The van der Waals surface area contributed by atoms with Crippen LogP contribution in [0, 0.1) is 6.92 Å². The number of ketones is 1. The second-order valence-electron chi connectivity index (χ2n) is 5.21. The number of benzene rings is 2. The van der Waals surface area contributed by atoms with E-state index in [4.69, 9.17) is 5.73 Å². The average Bonchev–Trinajstić information content (AvgIpc) is 2.81. The lowest BCUT2D eigenvalue weighted by molar-refractivity contribution is 0.103. The maximum Gasteiger partial charge on any atom is 0.193 e. The zero-order chi connectivity index (χ0) is 13.4. The van der Waals surface area contributed by atoms with Gasteiger partial charge in [0.25, 0.3) is 0 Å². The second kappa shape index (κ2) is 4.63. The van der Waals surface area contributed by atoms with Gasteiger partial charge in [-0.15, -0.1) is 0 Å². The minimum Gasteiger partial charge on any atom is -0.324 e. The monoisotopic (exact) mass is 251 g/mol. The van der Waals surface area contributed by atoms with Crippen molar-refractivity contribution in [2.24, 2.45) is 5.73 Å². The lowest BCUT2D eigenvalue weighted by Gasteiger charge is -2.09.